The van der Waals surface area contributed by atoms with E-state index in [-0.39, 0.29) is 12.1 Å². The monoisotopic (exact) mass is 337 g/mol. The molecule has 0 radical (unpaired) electrons. The summed E-state index contributed by atoms with van der Waals surface area (Å²) in [4.78, 5) is 26.7. The van der Waals surface area contributed by atoms with E-state index in [2.05, 4.69) is 30.9 Å². The van der Waals surface area contributed by atoms with E-state index in [9.17, 15) is 4.79 Å². The second-order valence-electron chi connectivity index (χ2n) is 6.72. The van der Waals surface area contributed by atoms with E-state index in [0.29, 0.717) is 30.9 Å². The number of rotatable bonds is 4. The van der Waals surface area contributed by atoms with Crippen LogP contribution in [0.25, 0.3) is 0 Å². The van der Waals surface area contributed by atoms with E-state index < -0.39 is 5.60 Å². The lowest BCUT2D eigenvalue weighted by Crippen LogP contribution is -2.47. The first kappa shape index (κ1) is 18.0. The molecular weight excluding hydrogens is 310 g/mol. The molecule has 1 aliphatic rings. The van der Waals surface area contributed by atoms with Crippen molar-refractivity contribution in [2.75, 3.05) is 43.1 Å². The minimum absolute atomic E-state index is 0.0723. The standard InChI is InChI=1S/C15H27N7O2/c1-15(2,3)24-14(23)22-8-6-7-10(9-22)18-13-20-11(16-4)19-12(17-5)21-13/h10H,6-9H2,1-5H3,(H3,16,17,18,19,20,21)/t10-/m0/s1. The van der Waals surface area contributed by atoms with Crippen LogP contribution in [0.2, 0.25) is 0 Å². The number of nitrogens with zero attached hydrogens (tertiary/aromatic N) is 4. The summed E-state index contributed by atoms with van der Waals surface area (Å²) >= 11 is 0. The van der Waals surface area contributed by atoms with E-state index in [4.69, 9.17) is 4.74 Å². The van der Waals surface area contributed by atoms with Crippen molar-refractivity contribution < 1.29 is 9.53 Å². The second-order valence-corrected chi connectivity index (χ2v) is 6.72. The van der Waals surface area contributed by atoms with Crippen LogP contribution in [0.3, 0.4) is 0 Å². The van der Waals surface area contributed by atoms with Gasteiger partial charge in [0.1, 0.15) is 5.60 Å². The third kappa shape index (κ3) is 5.10. The molecule has 1 atom stereocenters. The fourth-order valence-corrected chi connectivity index (χ4v) is 2.43. The van der Waals surface area contributed by atoms with Crippen LogP contribution < -0.4 is 16.0 Å². The van der Waals surface area contributed by atoms with Crippen LogP contribution in [0.4, 0.5) is 22.6 Å². The fourth-order valence-electron chi connectivity index (χ4n) is 2.43. The predicted octanol–water partition coefficient (Wildman–Crippen LogP) is 1.77. The van der Waals surface area contributed by atoms with Gasteiger partial charge < -0.3 is 25.6 Å². The number of ether oxygens (including phenoxy) is 1. The van der Waals surface area contributed by atoms with E-state index in [1.165, 1.54) is 0 Å². The van der Waals surface area contributed by atoms with E-state index in [1.807, 2.05) is 20.8 Å². The molecule has 0 aromatic carbocycles. The number of hydrogen-bond acceptors (Lipinski definition) is 8. The molecule has 134 valence electrons. The Hall–Kier alpha value is -2.32. The first-order chi connectivity index (χ1) is 11.3. The molecule has 0 spiro atoms. The zero-order valence-corrected chi connectivity index (χ0v) is 15.0. The summed E-state index contributed by atoms with van der Waals surface area (Å²) in [5.41, 5.74) is -0.491. The Morgan fingerprint density at radius 1 is 1.12 bits per heavy atom. The van der Waals surface area contributed by atoms with Crippen LogP contribution in [-0.2, 0) is 4.74 Å². The molecule has 2 rings (SSSR count). The normalized spacial score (nSPS) is 18.0. The molecule has 1 aliphatic heterocycles. The van der Waals surface area contributed by atoms with Crippen molar-refractivity contribution >= 4 is 23.9 Å². The molecule has 9 nitrogen and oxygen atoms in total. The Bertz CT molecular complexity index is 551. The minimum Gasteiger partial charge on any atom is -0.444 e. The van der Waals surface area contributed by atoms with Gasteiger partial charge in [-0.2, -0.15) is 15.0 Å². The van der Waals surface area contributed by atoms with Gasteiger partial charge in [-0.3, -0.25) is 0 Å². The van der Waals surface area contributed by atoms with Crippen LogP contribution in [0.5, 0.6) is 0 Å². The zero-order chi connectivity index (χ0) is 17.7. The first-order valence-electron chi connectivity index (χ1n) is 8.17. The van der Waals surface area contributed by atoms with Gasteiger partial charge in [0, 0.05) is 33.2 Å². The highest BCUT2D eigenvalue weighted by atomic mass is 16.6. The molecule has 1 aromatic heterocycles. The number of piperidine rings is 1. The van der Waals surface area contributed by atoms with Crippen LogP contribution in [-0.4, -0.2) is 64.8 Å². The Morgan fingerprint density at radius 3 is 2.25 bits per heavy atom. The second kappa shape index (κ2) is 7.50. The van der Waals surface area contributed by atoms with Crippen molar-refractivity contribution in [2.24, 2.45) is 0 Å². The molecule has 1 aromatic rings. The molecule has 0 saturated carbocycles. The number of carbonyl (C=O) groups is 1. The van der Waals surface area contributed by atoms with E-state index >= 15 is 0 Å². The number of nitrogens with one attached hydrogen (secondary N) is 3. The molecule has 2 heterocycles. The number of carbonyl (C=O) groups excluding carboxylic acids is 1. The molecule has 1 saturated heterocycles. The van der Waals surface area contributed by atoms with Crippen molar-refractivity contribution in [1.29, 1.82) is 0 Å². The Labute approximate surface area is 142 Å². The summed E-state index contributed by atoms with van der Waals surface area (Å²) in [5.74, 6) is 1.45. The number of amides is 1. The molecule has 9 heteroatoms. The third-order valence-corrected chi connectivity index (χ3v) is 3.49. The summed E-state index contributed by atoms with van der Waals surface area (Å²) in [6.45, 7) is 6.87. The molecule has 0 unspecified atom stereocenters. The maximum absolute atomic E-state index is 12.2. The first-order valence-corrected chi connectivity index (χ1v) is 8.17. The van der Waals surface area contributed by atoms with Gasteiger partial charge in [-0.25, -0.2) is 4.79 Å². The summed E-state index contributed by atoms with van der Waals surface area (Å²) < 4.78 is 5.45. The highest BCUT2D eigenvalue weighted by Crippen LogP contribution is 2.18. The Kier molecular flexibility index (Phi) is 5.63. The molecule has 0 aliphatic carbocycles. The molecule has 3 N–H and O–H groups in total. The van der Waals surface area contributed by atoms with Gasteiger partial charge in [-0.05, 0) is 33.6 Å². The fraction of sp³-hybridized carbons (Fsp3) is 0.733. The van der Waals surface area contributed by atoms with Crippen LogP contribution in [0, 0.1) is 0 Å². The van der Waals surface area contributed by atoms with E-state index in [0.717, 1.165) is 12.8 Å². The van der Waals surface area contributed by atoms with Gasteiger partial charge in [0.2, 0.25) is 17.8 Å². The molecule has 1 amide bonds. The predicted molar refractivity (Wildman–Crippen MR) is 93.4 cm³/mol. The Balaban J connectivity index is 2.01. The van der Waals surface area contributed by atoms with Gasteiger partial charge in [-0.1, -0.05) is 0 Å². The average molecular weight is 337 g/mol. The summed E-state index contributed by atoms with van der Waals surface area (Å²) in [6, 6.07) is 0.0723. The van der Waals surface area contributed by atoms with Crippen molar-refractivity contribution in [3.05, 3.63) is 0 Å². The highest BCUT2D eigenvalue weighted by Gasteiger charge is 2.28. The van der Waals surface area contributed by atoms with E-state index in [1.54, 1.807) is 19.0 Å². The molecule has 0 bridgehead atoms. The van der Waals surface area contributed by atoms with Crippen molar-refractivity contribution in [1.82, 2.24) is 19.9 Å². The van der Waals surface area contributed by atoms with Crippen LogP contribution >= 0.6 is 0 Å². The topological polar surface area (TPSA) is 104 Å². The van der Waals surface area contributed by atoms with Crippen molar-refractivity contribution in [3.8, 4) is 0 Å². The smallest absolute Gasteiger partial charge is 0.410 e. The van der Waals surface area contributed by atoms with Crippen molar-refractivity contribution in [3.63, 3.8) is 0 Å². The number of hydrogen-bond donors (Lipinski definition) is 3. The van der Waals surface area contributed by atoms with Gasteiger partial charge in [0.05, 0.1) is 0 Å². The molecule has 24 heavy (non-hydrogen) atoms. The Morgan fingerprint density at radius 2 is 1.71 bits per heavy atom. The maximum atomic E-state index is 12.2. The van der Waals surface area contributed by atoms with Gasteiger partial charge in [0.15, 0.2) is 0 Å². The lowest BCUT2D eigenvalue weighted by Gasteiger charge is -2.34. The SMILES string of the molecule is CNc1nc(NC)nc(N[C@H]2CCCN(C(=O)OC(C)(C)C)C2)n1. The highest BCUT2D eigenvalue weighted by molar-refractivity contribution is 5.68. The van der Waals surface area contributed by atoms with Gasteiger partial charge >= 0.3 is 6.09 Å². The van der Waals surface area contributed by atoms with Gasteiger partial charge in [-0.15, -0.1) is 0 Å². The summed E-state index contributed by atoms with van der Waals surface area (Å²) in [7, 11) is 3.51. The van der Waals surface area contributed by atoms with Crippen LogP contribution in [0.1, 0.15) is 33.6 Å². The van der Waals surface area contributed by atoms with Gasteiger partial charge in [0.25, 0.3) is 0 Å². The number of anilines is 3. The quantitative estimate of drug-likeness (QED) is 0.763. The van der Waals surface area contributed by atoms with Crippen LogP contribution in [0.15, 0.2) is 0 Å². The minimum atomic E-state index is -0.491. The number of likely N-dealkylation sites (tertiary alicyclic amines) is 1. The average Bonchev–Trinajstić information content (AvgIpc) is 2.53. The lowest BCUT2D eigenvalue weighted by molar-refractivity contribution is 0.0206. The summed E-state index contributed by atoms with van der Waals surface area (Å²) in [5, 5.41) is 9.10. The maximum Gasteiger partial charge on any atom is 0.410 e. The molecular formula is C15H27N7O2. The third-order valence-electron chi connectivity index (χ3n) is 3.49. The van der Waals surface area contributed by atoms with Crippen molar-refractivity contribution in [2.45, 2.75) is 45.3 Å². The largest absolute Gasteiger partial charge is 0.444 e. The number of aromatic nitrogens is 3. The summed E-state index contributed by atoms with van der Waals surface area (Å²) in [6.07, 6.45) is 1.56. The zero-order valence-electron chi connectivity index (χ0n) is 15.0. The lowest BCUT2D eigenvalue weighted by atomic mass is 10.1. The molecule has 1 fully saturated rings.